The fourth-order valence-corrected chi connectivity index (χ4v) is 2.75. The summed E-state index contributed by atoms with van der Waals surface area (Å²) in [5.41, 5.74) is 3.38. The molecule has 2 atom stereocenters. The van der Waals surface area contributed by atoms with Crippen LogP contribution < -0.4 is 5.43 Å². The van der Waals surface area contributed by atoms with Gasteiger partial charge in [-0.15, -0.1) is 0 Å². The summed E-state index contributed by atoms with van der Waals surface area (Å²) >= 11 is 6.05. The first-order chi connectivity index (χ1) is 9.60. The van der Waals surface area contributed by atoms with E-state index in [1.807, 2.05) is 6.92 Å². The topological polar surface area (TPSA) is 50.3 Å². The van der Waals surface area contributed by atoms with E-state index in [-0.39, 0.29) is 0 Å². The van der Waals surface area contributed by atoms with Gasteiger partial charge in [0.15, 0.2) is 5.82 Å². The van der Waals surface area contributed by atoms with Crippen LogP contribution in [-0.2, 0) is 11.3 Å². The van der Waals surface area contributed by atoms with Crippen LogP contribution in [0, 0.1) is 0 Å². The molecule has 0 radical (unpaired) electrons. The molecule has 112 valence electrons. The molecule has 0 aromatic carbocycles. The molecule has 1 aliphatic rings. The van der Waals surface area contributed by atoms with E-state index < -0.39 is 0 Å². The van der Waals surface area contributed by atoms with E-state index in [1.165, 1.54) is 19.3 Å². The van der Waals surface area contributed by atoms with Gasteiger partial charge in [-0.1, -0.05) is 18.0 Å². The smallest absolute Gasteiger partial charge is 0.158 e. The minimum Gasteiger partial charge on any atom is -0.374 e. The summed E-state index contributed by atoms with van der Waals surface area (Å²) in [6.45, 7) is 7.43. The Bertz CT molecular complexity index is 433. The second-order valence-electron chi connectivity index (χ2n) is 5.28. The van der Waals surface area contributed by atoms with Crippen molar-refractivity contribution in [2.75, 3.05) is 12.0 Å². The van der Waals surface area contributed by atoms with Gasteiger partial charge in [0.2, 0.25) is 0 Å². The van der Waals surface area contributed by atoms with Crippen LogP contribution in [0.2, 0.25) is 5.15 Å². The molecular formula is C14H23ClN4O. The standard InChI is InChI=1S/C14H23ClN4O/c1-4-20-9-14-16-12(15)8-13(17-14)18-19-10(2)6-5-7-11(19)3/h8,10-11H,4-7,9H2,1-3H3,(H,16,17,18). The second-order valence-corrected chi connectivity index (χ2v) is 5.66. The van der Waals surface area contributed by atoms with Gasteiger partial charge in [-0.25, -0.2) is 15.0 Å². The molecule has 0 bridgehead atoms. The van der Waals surface area contributed by atoms with Crippen LogP contribution in [0.15, 0.2) is 6.07 Å². The van der Waals surface area contributed by atoms with Crippen molar-refractivity contribution in [2.45, 2.75) is 58.7 Å². The van der Waals surface area contributed by atoms with Gasteiger partial charge in [-0.05, 0) is 33.6 Å². The van der Waals surface area contributed by atoms with Crippen molar-refractivity contribution >= 4 is 17.4 Å². The first-order valence-corrected chi connectivity index (χ1v) is 7.64. The summed E-state index contributed by atoms with van der Waals surface area (Å²) in [5.74, 6) is 1.35. The zero-order valence-electron chi connectivity index (χ0n) is 12.4. The highest BCUT2D eigenvalue weighted by Gasteiger charge is 2.25. The van der Waals surface area contributed by atoms with Crippen molar-refractivity contribution in [3.8, 4) is 0 Å². The van der Waals surface area contributed by atoms with Crippen LogP contribution in [0.25, 0.3) is 0 Å². The van der Waals surface area contributed by atoms with Crippen molar-refractivity contribution in [1.82, 2.24) is 15.0 Å². The molecule has 0 saturated carbocycles. The molecule has 0 aliphatic carbocycles. The van der Waals surface area contributed by atoms with Gasteiger partial charge in [0.05, 0.1) is 0 Å². The Kier molecular flexibility index (Phi) is 5.57. The van der Waals surface area contributed by atoms with E-state index in [4.69, 9.17) is 16.3 Å². The fraction of sp³-hybridized carbons (Fsp3) is 0.714. The van der Waals surface area contributed by atoms with Gasteiger partial charge >= 0.3 is 0 Å². The van der Waals surface area contributed by atoms with E-state index in [0.29, 0.717) is 36.3 Å². The lowest BCUT2D eigenvalue weighted by Crippen LogP contribution is -2.47. The monoisotopic (exact) mass is 298 g/mol. The van der Waals surface area contributed by atoms with Crippen LogP contribution in [-0.4, -0.2) is 33.7 Å². The average Bonchev–Trinajstić information content (AvgIpc) is 2.40. The predicted octanol–water partition coefficient (Wildman–Crippen LogP) is 3.26. The van der Waals surface area contributed by atoms with Crippen LogP contribution in [0.1, 0.15) is 45.9 Å². The van der Waals surface area contributed by atoms with Crippen molar-refractivity contribution in [3.63, 3.8) is 0 Å². The molecule has 5 nitrogen and oxygen atoms in total. The van der Waals surface area contributed by atoms with E-state index in [0.717, 1.165) is 5.82 Å². The quantitative estimate of drug-likeness (QED) is 0.846. The number of hydrogen-bond donors (Lipinski definition) is 1. The van der Waals surface area contributed by atoms with E-state index >= 15 is 0 Å². The Morgan fingerprint density at radius 2 is 2.05 bits per heavy atom. The molecule has 2 heterocycles. The number of piperidine rings is 1. The molecule has 2 unspecified atom stereocenters. The Hall–Kier alpha value is -0.910. The molecule has 1 aromatic heterocycles. The molecular weight excluding hydrogens is 276 g/mol. The molecule has 1 aliphatic heterocycles. The molecule has 1 aromatic rings. The van der Waals surface area contributed by atoms with Gasteiger partial charge in [-0.3, -0.25) is 0 Å². The Morgan fingerprint density at radius 3 is 2.70 bits per heavy atom. The lowest BCUT2D eigenvalue weighted by Gasteiger charge is -2.39. The summed E-state index contributed by atoms with van der Waals surface area (Å²) in [6, 6.07) is 2.73. The number of hydrogen-bond acceptors (Lipinski definition) is 5. The van der Waals surface area contributed by atoms with Gasteiger partial charge in [0, 0.05) is 24.8 Å². The van der Waals surface area contributed by atoms with Crippen molar-refractivity contribution < 1.29 is 4.74 Å². The summed E-state index contributed by atoms with van der Waals surface area (Å²) in [7, 11) is 0. The minimum absolute atomic E-state index is 0.386. The van der Waals surface area contributed by atoms with Crippen molar-refractivity contribution in [1.29, 1.82) is 0 Å². The van der Waals surface area contributed by atoms with E-state index in [9.17, 15) is 0 Å². The summed E-state index contributed by atoms with van der Waals surface area (Å²) in [5, 5.41) is 2.70. The lowest BCUT2D eigenvalue weighted by molar-refractivity contribution is 0.127. The van der Waals surface area contributed by atoms with Crippen LogP contribution >= 0.6 is 11.6 Å². The Balaban J connectivity index is 2.09. The molecule has 0 amide bonds. The lowest BCUT2D eigenvalue weighted by atomic mass is 10.00. The highest BCUT2D eigenvalue weighted by Crippen LogP contribution is 2.23. The number of hydrazine groups is 1. The van der Waals surface area contributed by atoms with Gasteiger partial charge in [-0.2, -0.15) is 0 Å². The van der Waals surface area contributed by atoms with E-state index in [2.05, 4.69) is 34.3 Å². The largest absolute Gasteiger partial charge is 0.374 e. The van der Waals surface area contributed by atoms with Crippen molar-refractivity contribution in [3.05, 3.63) is 17.0 Å². The fourth-order valence-electron chi connectivity index (χ4n) is 2.55. The number of rotatable bonds is 5. The number of ether oxygens (including phenoxy) is 1. The first-order valence-electron chi connectivity index (χ1n) is 7.26. The van der Waals surface area contributed by atoms with Crippen LogP contribution in [0.4, 0.5) is 5.82 Å². The zero-order valence-corrected chi connectivity index (χ0v) is 13.2. The molecule has 0 spiro atoms. The normalized spacial score (nSPS) is 23.8. The van der Waals surface area contributed by atoms with Crippen LogP contribution in [0.5, 0.6) is 0 Å². The van der Waals surface area contributed by atoms with Gasteiger partial charge < -0.3 is 10.2 Å². The number of aromatic nitrogens is 2. The maximum atomic E-state index is 6.05. The maximum Gasteiger partial charge on any atom is 0.158 e. The number of halogens is 1. The average molecular weight is 299 g/mol. The van der Waals surface area contributed by atoms with Gasteiger partial charge in [0.25, 0.3) is 0 Å². The first kappa shape index (κ1) is 15.5. The third-order valence-electron chi connectivity index (χ3n) is 3.61. The Labute approximate surface area is 125 Å². The molecule has 1 N–H and O–H groups in total. The minimum atomic E-state index is 0.386. The third-order valence-corrected chi connectivity index (χ3v) is 3.81. The molecule has 6 heteroatoms. The third kappa shape index (κ3) is 4.04. The number of nitrogens with zero attached hydrogens (tertiary/aromatic N) is 3. The Morgan fingerprint density at radius 1 is 1.35 bits per heavy atom. The van der Waals surface area contributed by atoms with E-state index in [1.54, 1.807) is 6.07 Å². The second kappa shape index (κ2) is 7.20. The zero-order chi connectivity index (χ0) is 14.5. The SMILES string of the molecule is CCOCc1nc(Cl)cc(NN2C(C)CCCC2C)n1. The summed E-state index contributed by atoms with van der Waals surface area (Å²) in [6.07, 6.45) is 3.67. The van der Waals surface area contributed by atoms with Gasteiger partial charge in [0.1, 0.15) is 17.6 Å². The number of anilines is 1. The highest BCUT2D eigenvalue weighted by atomic mass is 35.5. The van der Waals surface area contributed by atoms with Crippen LogP contribution in [0.3, 0.4) is 0 Å². The molecule has 2 rings (SSSR count). The molecule has 1 fully saturated rings. The maximum absolute atomic E-state index is 6.05. The number of nitrogens with one attached hydrogen (secondary N) is 1. The summed E-state index contributed by atoms with van der Waals surface area (Å²) < 4.78 is 5.34. The summed E-state index contributed by atoms with van der Waals surface area (Å²) in [4.78, 5) is 8.63. The molecule has 1 saturated heterocycles. The van der Waals surface area contributed by atoms with Crippen molar-refractivity contribution in [2.24, 2.45) is 0 Å². The highest BCUT2D eigenvalue weighted by molar-refractivity contribution is 6.29. The molecule has 20 heavy (non-hydrogen) atoms. The predicted molar refractivity (Wildman–Crippen MR) is 80.6 cm³/mol.